The lowest BCUT2D eigenvalue weighted by Gasteiger charge is -2.41. The van der Waals surface area contributed by atoms with Crippen molar-refractivity contribution in [2.75, 3.05) is 9.80 Å². The maximum Gasteiger partial charge on any atom is 0.108 e. The molecule has 38 heavy (non-hydrogen) atoms. The van der Waals surface area contributed by atoms with E-state index in [1.165, 1.54) is 0 Å². The molecule has 0 saturated heterocycles. The van der Waals surface area contributed by atoms with Gasteiger partial charge in [0.05, 0.1) is 17.1 Å². The molecule has 2 N–H and O–H groups in total. The molecule has 192 valence electrons. The first-order chi connectivity index (χ1) is 18.5. The SMILES string of the molecule is C=C/C=C\C1=C(C)N(C(/C=C\CC)=C/C)c2cc3c(cc2C1O)N(c1ccccc1)c1ccccc1C3O. The van der Waals surface area contributed by atoms with Crippen LogP contribution in [-0.4, -0.2) is 10.2 Å². The van der Waals surface area contributed by atoms with Gasteiger partial charge >= 0.3 is 0 Å². The molecular formula is C34H34N2O2. The quantitative estimate of drug-likeness (QED) is 0.333. The zero-order valence-corrected chi connectivity index (χ0v) is 22.2. The first-order valence-corrected chi connectivity index (χ1v) is 13.1. The van der Waals surface area contributed by atoms with E-state index in [9.17, 15) is 10.2 Å². The normalized spacial score (nSPS) is 19.1. The highest BCUT2D eigenvalue weighted by atomic mass is 16.3. The zero-order valence-electron chi connectivity index (χ0n) is 22.2. The van der Waals surface area contributed by atoms with E-state index in [1.807, 2.05) is 80.6 Å². The summed E-state index contributed by atoms with van der Waals surface area (Å²) in [7, 11) is 0. The van der Waals surface area contributed by atoms with Crippen LogP contribution >= 0.6 is 0 Å². The number of hydrogen-bond acceptors (Lipinski definition) is 4. The summed E-state index contributed by atoms with van der Waals surface area (Å²) in [6.07, 6.45) is 11.1. The Balaban J connectivity index is 1.80. The van der Waals surface area contributed by atoms with Crippen molar-refractivity contribution >= 4 is 22.7 Å². The summed E-state index contributed by atoms with van der Waals surface area (Å²) in [4.78, 5) is 4.35. The largest absolute Gasteiger partial charge is 0.384 e. The zero-order chi connectivity index (χ0) is 26.8. The standard InChI is InChI=1S/C34H34N2O2/c1-5-8-15-24(7-3)35-23(4)26(18-9-6-2)33(37)28-22-32-29(21-31(28)35)34(38)27-19-13-14-20-30(27)36(32)25-16-11-10-12-17-25/h6-22,33-34,37-38H,2,5H2,1,3-4H3/b15-8-,18-9-,24-7+. The molecule has 2 atom stereocenters. The first-order valence-electron chi connectivity index (χ1n) is 13.1. The van der Waals surface area contributed by atoms with Crippen LogP contribution in [0.15, 0.2) is 127 Å². The van der Waals surface area contributed by atoms with Gasteiger partial charge in [0.1, 0.15) is 12.2 Å². The molecule has 2 unspecified atom stereocenters. The number of benzene rings is 3. The van der Waals surface area contributed by atoms with Crippen molar-refractivity contribution < 1.29 is 10.2 Å². The summed E-state index contributed by atoms with van der Waals surface area (Å²) in [5, 5.41) is 23.3. The molecule has 0 amide bonds. The smallest absolute Gasteiger partial charge is 0.108 e. The first kappa shape index (κ1) is 25.5. The van der Waals surface area contributed by atoms with Crippen LogP contribution in [-0.2, 0) is 0 Å². The summed E-state index contributed by atoms with van der Waals surface area (Å²) in [6, 6.07) is 22.2. The Bertz CT molecular complexity index is 1480. The van der Waals surface area contributed by atoms with Crippen molar-refractivity contribution in [1.29, 1.82) is 0 Å². The van der Waals surface area contributed by atoms with Gasteiger partial charge in [-0.3, -0.25) is 0 Å². The molecule has 2 aliphatic heterocycles. The van der Waals surface area contributed by atoms with Crippen molar-refractivity contribution in [2.45, 2.75) is 39.4 Å². The highest BCUT2D eigenvalue weighted by Gasteiger charge is 2.36. The Morgan fingerprint density at radius 3 is 2.29 bits per heavy atom. The van der Waals surface area contributed by atoms with Crippen molar-refractivity contribution in [3.8, 4) is 0 Å². The lowest BCUT2D eigenvalue weighted by molar-refractivity contribution is 0.213. The van der Waals surface area contributed by atoms with Gasteiger partial charge < -0.3 is 20.0 Å². The van der Waals surface area contributed by atoms with Gasteiger partial charge in [-0.1, -0.05) is 80.3 Å². The molecule has 2 heterocycles. The summed E-state index contributed by atoms with van der Waals surface area (Å²) in [6.45, 7) is 9.98. The fourth-order valence-corrected chi connectivity index (χ4v) is 5.44. The van der Waals surface area contributed by atoms with Crippen LogP contribution in [0.25, 0.3) is 0 Å². The lowest BCUT2D eigenvalue weighted by atomic mass is 9.85. The van der Waals surface area contributed by atoms with E-state index in [0.29, 0.717) is 0 Å². The van der Waals surface area contributed by atoms with Gasteiger partial charge in [0, 0.05) is 39.3 Å². The number of allylic oxidation sites excluding steroid dienone is 6. The molecule has 0 spiro atoms. The fourth-order valence-electron chi connectivity index (χ4n) is 5.44. The third-order valence-electron chi connectivity index (χ3n) is 7.27. The molecule has 0 saturated carbocycles. The molecule has 3 aromatic rings. The molecule has 5 rings (SSSR count). The monoisotopic (exact) mass is 502 g/mol. The molecule has 0 aliphatic carbocycles. The molecule has 0 bridgehead atoms. The second kappa shape index (κ2) is 10.7. The van der Waals surface area contributed by atoms with Crippen molar-refractivity contribution in [3.63, 3.8) is 0 Å². The number of aliphatic hydroxyl groups excluding tert-OH is 2. The Hall–Kier alpha value is -4.12. The average molecular weight is 503 g/mol. The Morgan fingerprint density at radius 1 is 0.895 bits per heavy atom. The molecule has 4 heteroatoms. The number of anilines is 4. The average Bonchev–Trinajstić information content (AvgIpc) is 2.95. The van der Waals surface area contributed by atoms with Crippen LogP contribution in [0.3, 0.4) is 0 Å². The van der Waals surface area contributed by atoms with Crippen LogP contribution < -0.4 is 9.80 Å². The number of hydrogen-bond donors (Lipinski definition) is 2. The summed E-state index contributed by atoms with van der Waals surface area (Å²) in [5.74, 6) is 0. The highest BCUT2D eigenvalue weighted by Crippen LogP contribution is 2.53. The molecule has 0 fully saturated rings. The van der Waals surface area contributed by atoms with E-state index in [-0.39, 0.29) is 0 Å². The van der Waals surface area contributed by atoms with E-state index in [4.69, 9.17) is 0 Å². The number of nitrogens with zero attached hydrogens (tertiary/aromatic N) is 2. The van der Waals surface area contributed by atoms with Crippen molar-refractivity contribution in [1.82, 2.24) is 0 Å². The molecular weight excluding hydrogens is 468 g/mol. The number of para-hydroxylation sites is 2. The van der Waals surface area contributed by atoms with E-state index >= 15 is 0 Å². The predicted octanol–water partition coefficient (Wildman–Crippen LogP) is 8.29. The van der Waals surface area contributed by atoms with Gasteiger partial charge in [-0.2, -0.15) is 0 Å². The Labute approximate surface area is 225 Å². The van der Waals surface area contributed by atoms with Crippen LogP contribution in [0.5, 0.6) is 0 Å². The summed E-state index contributed by atoms with van der Waals surface area (Å²) >= 11 is 0. The summed E-state index contributed by atoms with van der Waals surface area (Å²) in [5.41, 5.74) is 8.84. The van der Waals surface area contributed by atoms with E-state index in [1.54, 1.807) is 6.08 Å². The Morgan fingerprint density at radius 2 is 1.58 bits per heavy atom. The second-order valence-corrected chi connectivity index (χ2v) is 9.50. The predicted molar refractivity (Wildman–Crippen MR) is 158 cm³/mol. The fraction of sp³-hybridized carbons (Fsp3) is 0.176. The van der Waals surface area contributed by atoms with Crippen LogP contribution in [0.4, 0.5) is 22.7 Å². The molecule has 2 aliphatic rings. The third-order valence-corrected chi connectivity index (χ3v) is 7.27. The lowest BCUT2D eigenvalue weighted by Crippen LogP contribution is -2.30. The maximum atomic E-state index is 11.7. The second-order valence-electron chi connectivity index (χ2n) is 9.50. The number of rotatable bonds is 6. The van der Waals surface area contributed by atoms with E-state index in [0.717, 1.165) is 62.8 Å². The third kappa shape index (κ3) is 4.22. The minimum absolute atomic E-state index is 0.787. The minimum Gasteiger partial charge on any atom is -0.384 e. The molecule has 3 aromatic carbocycles. The molecule has 4 nitrogen and oxygen atoms in total. The van der Waals surface area contributed by atoms with Gasteiger partial charge in [-0.05, 0) is 56.7 Å². The molecule has 0 aromatic heterocycles. The number of aliphatic hydroxyl groups is 2. The molecule has 0 radical (unpaired) electrons. The van der Waals surface area contributed by atoms with Gasteiger partial charge in [0.15, 0.2) is 0 Å². The highest BCUT2D eigenvalue weighted by molar-refractivity contribution is 5.87. The van der Waals surface area contributed by atoms with E-state index in [2.05, 4.69) is 53.7 Å². The van der Waals surface area contributed by atoms with Gasteiger partial charge in [-0.15, -0.1) is 0 Å². The van der Waals surface area contributed by atoms with Gasteiger partial charge in [-0.25, -0.2) is 0 Å². The van der Waals surface area contributed by atoms with Gasteiger partial charge in [0.2, 0.25) is 0 Å². The number of fused-ring (bicyclic) bond motifs is 3. The van der Waals surface area contributed by atoms with Crippen molar-refractivity contribution in [2.24, 2.45) is 0 Å². The topological polar surface area (TPSA) is 46.9 Å². The summed E-state index contributed by atoms with van der Waals surface area (Å²) < 4.78 is 0. The van der Waals surface area contributed by atoms with Crippen LogP contribution in [0.2, 0.25) is 0 Å². The van der Waals surface area contributed by atoms with E-state index < -0.39 is 12.2 Å². The van der Waals surface area contributed by atoms with Gasteiger partial charge in [0.25, 0.3) is 0 Å². The van der Waals surface area contributed by atoms with Crippen LogP contribution in [0.1, 0.15) is 56.1 Å². The van der Waals surface area contributed by atoms with Crippen molar-refractivity contribution in [3.05, 3.63) is 143 Å². The van der Waals surface area contributed by atoms with Crippen LogP contribution in [0, 0.1) is 0 Å². The minimum atomic E-state index is -0.831. The maximum absolute atomic E-state index is 11.7. The Kier molecular flexibility index (Phi) is 7.19.